The zero-order valence-corrected chi connectivity index (χ0v) is 15.0. The molecular formula is C15H22N2O6S. The lowest BCUT2D eigenvalue weighted by molar-refractivity contribution is -0.387. The Hall–Kier alpha value is -2.00. The van der Waals surface area contributed by atoms with Gasteiger partial charge in [0.2, 0.25) is 10.0 Å². The minimum atomic E-state index is -4.20. The molecule has 0 fully saturated rings. The molecule has 0 radical (unpaired) electrons. The van der Waals surface area contributed by atoms with Crippen LogP contribution >= 0.6 is 0 Å². The molecule has 0 saturated carbocycles. The quantitative estimate of drug-likeness (QED) is 0.421. The van der Waals surface area contributed by atoms with E-state index < -0.39 is 43.6 Å². The number of rotatable bonds is 7. The molecule has 0 aliphatic carbocycles. The summed E-state index contributed by atoms with van der Waals surface area (Å²) in [6.07, 6.45) is 0.447. The van der Waals surface area contributed by atoms with Gasteiger partial charge in [-0.3, -0.25) is 14.9 Å². The summed E-state index contributed by atoms with van der Waals surface area (Å²) in [7, 11) is -4.20. The largest absolute Gasteiger partial charge is 0.459 e. The van der Waals surface area contributed by atoms with Crippen molar-refractivity contribution in [2.45, 2.75) is 44.6 Å². The van der Waals surface area contributed by atoms with Gasteiger partial charge in [0.25, 0.3) is 5.69 Å². The van der Waals surface area contributed by atoms with Crippen LogP contribution in [0.5, 0.6) is 0 Å². The van der Waals surface area contributed by atoms with Crippen LogP contribution in [-0.2, 0) is 19.6 Å². The molecule has 0 aliphatic rings. The number of ether oxygens (including phenoxy) is 1. The van der Waals surface area contributed by atoms with Crippen molar-refractivity contribution in [1.29, 1.82) is 0 Å². The molecule has 0 aliphatic heterocycles. The highest BCUT2D eigenvalue weighted by Gasteiger charge is 2.33. The van der Waals surface area contributed by atoms with Gasteiger partial charge >= 0.3 is 5.97 Å². The third-order valence-corrected chi connectivity index (χ3v) is 4.77. The van der Waals surface area contributed by atoms with E-state index in [0.717, 1.165) is 16.4 Å². The van der Waals surface area contributed by atoms with E-state index in [-0.39, 0.29) is 6.54 Å². The van der Waals surface area contributed by atoms with Crippen LogP contribution in [0.25, 0.3) is 0 Å². The van der Waals surface area contributed by atoms with Crippen LogP contribution in [0.15, 0.2) is 29.2 Å². The van der Waals surface area contributed by atoms with E-state index in [0.29, 0.717) is 6.42 Å². The first-order chi connectivity index (χ1) is 11.0. The van der Waals surface area contributed by atoms with Crippen LogP contribution < -0.4 is 0 Å². The number of para-hydroxylation sites is 1. The number of carbonyl (C=O) groups excluding carboxylic acids is 1. The number of esters is 1. The second kappa shape index (κ2) is 7.71. The smallest absolute Gasteiger partial charge is 0.321 e. The Kier molecular flexibility index (Phi) is 6.44. The Morgan fingerprint density at radius 1 is 1.29 bits per heavy atom. The first kappa shape index (κ1) is 20.0. The van der Waals surface area contributed by atoms with Crippen molar-refractivity contribution in [3.05, 3.63) is 34.4 Å². The van der Waals surface area contributed by atoms with E-state index in [9.17, 15) is 23.3 Å². The van der Waals surface area contributed by atoms with Crippen molar-refractivity contribution >= 4 is 21.7 Å². The highest BCUT2D eigenvalue weighted by atomic mass is 32.2. The summed E-state index contributed by atoms with van der Waals surface area (Å²) in [5.74, 6) is -0.710. The van der Waals surface area contributed by atoms with Gasteiger partial charge < -0.3 is 4.74 Å². The van der Waals surface area contributed by atoms with Crippen molar-refractivity contribution in [3.63, 3.8) is 0 Å². The number of carbonyl (C=O) groups is 1. The molecule has 9 heteroatoms. The summed E-state index contributed by atoms with van der Waals surface area (Å²) in [5.41, 5.74) is -1.28. The average molecular weight is 358 g/mol. The van der Waals surface area contributed by atoms with Crippen molar-refractivity contribution in [2.75, 3.05) is 13.1 Å². The van der Waals surface area contributed by atoms with Crippen LogP contribution in [-0.4, -0.2) is 42.3 Å². The molecule has 0 heterocycles. The summed E-state index contributed by atoms with van der Waals surface area (Å²) in [5, 5.41) is 11.1. The second-order valence-corrected chi connectivity index (χ2v) is 8.06. The van der Waals surface area contributed by atoms with Gasteiger partial charge in [0.15, 0.2) is 4.90 Å². The summed E-state index contributed by atoms with van der Waals surface area (Å²) in [4.78, 5) is 21.9. The molecule has 0 amide bonds. The predicted octanol–water partition coefficient (Wildman–Crippen LogP) is 2.34. The van der Waals surface area contributed by atoms with Crippen LogP contribution in [0.3, 0.4) is 0 Å². The Bertz CT molecular complexity index is 709. The molecule has 1 rings (SSSR count). The van der Waals surface area contributed by atoms with Gasteiger partial charge in [0, 0.05) is 12.6 Å². The normalized spacial score (nSPS) is 12.2. The fourth-order valence-electron chi connectivity index (χ4n) is 2.02. The summed E-state index contributed by atoms with van der Waals surface area (Å²) >= 11 is 0. The van der Waals surface area contributed by atoms with Gasteiger partial charge in [-0.1, -0.05) is 19.1 Å². The Morgan fingerprint density at radius 2 is 1.88 bits per heavy atom. The van der Waals surface area contributed by atoms with Gasteiger partial charge in [0.05, 0.1) is 4.92 Å². The summed E-state index contributed by atoms with van der Waals surface area (Å²) < 4.78 is 31.6. The van der Waals surface area contributed by atoms with Crippen LogP contribution in [0.1, 0.15) is 34.1 Å². The van der Waals surface area contributed by atoms with E-state index in [4.69, 9.17) is 4.74 Å². The van der Waals surface area contributed by atoms with Crippen molar-refractivity contribution in [1.82, 2.24) is 4.31 Å². The number of hydrogen-bond donors (Lipinski definition) is 0. The minimum absolute atomic E-state index is 0.0492. The van der Waals surface area contributed by atoms with E-state index in [2.05, 4.69) is 0 Å². The van der Waals surface area contributed by atoms with Crippen LogP contribution in [0, 0.1) is 10.1 Å². The molecule has 0 N–H and O–H groups in total. The molecule has 8 nitrogen and oxygen atoms in total. The highest BCUT2D eigenvalue weighted by Crippen LogP contribution is 2.26. The maximum Gasteiger partial charge on any atom is 0.321 e. The zero-order valence-electron chi connectivity index (χ0n) is 14.2. The molecule has 1 aromatic rings. The van der Waals surface area contributed by atoms with Gasteiger partial charge in [-0.2, -0.15) is 4.31 Å². The highest BCUT2D eigenvalue weighted by molar-refractivity contribution is 7.89. The molecule has 0 bridgehead atoms. The monoisotopic (exact) mass is 358 g/mol. The van der Waals surface area contributed by atoms with E-state index in [1.54, 1.807) is 27.7 Å². The number of nitro groups is 1. The van der Waals surface area contributed by atoms with Crippen molar-refractivity contribution in [3.8, 4) is 0 Å². The zero-order chi connectivity index (χ0) is 18.5. The van der Waals surface area contributed by atoms with Crippen molar-refractivity contribution < 1.29 is 22.9 Å². The molecule has 0 spiro atoms. The summed E-state index contributed by atoms with van der Waals surface area (Å²) in [6, 6.07) is 5.06. The van der Waals surface area contributed by atoms with E-state index >= 15 is 0 Å². The number of hydrogen-bond acceptors (Lipinski definition) is 6. The van der Waals surface area contributed by atoms with E-state index in [1.807, 2.05) is 0 Å². The second-order valence-electron chi connectivity index (χ2n) is 6.15. The average Bonchev–Trinajstić information content (AvgIpc) is 2.44. The van der Waals surface area contributed by atoms with Crippen molar-refractivity contribution in [2.24, 2.45) is 0 Å². The fraction of sp³-hybridized carbons (Fsp3) is 0.533. The Morgan fingerprint density at radius 3 is 2.38 bits per heavy atom. The molecule has 24 heavy (non-hydrogen) atoms. The van der Waals surface area contributed by atoms with E-state index in [1.165, 1.54) is 12.1 Å². The SMILES string of the molecule is CCCN(CC(=O)OC(C)(C)C)S(=O)(=O)c1ccccc1[N+](=O)[O-]. The molecule has 0 aromatic heterocycles. The molecular weight excluding hydrogens is 336 g/mol. The topological polar surface area (TPSA) is 107 Å². The van der Waals surface area contributed by atoms with Gasteiger partial charge in [-0.05, 0) is 33.3 Å². The van der Waals surface area contributed by atoms with Crippen LogP contribution in [0.4, 0.5) is 5.69 Å². The third-order valence-electron chi connectivity index (χ3n) is 2.88. The maximum absolute atomic E-state index is 12.8. The standard InChI is InChI=1S/C15H22N2O6S/c1-5-10-16(11-14(18)23-15(2,3)4)24(21,22)13-9-7-6-8-12(13)17(19)20/h6-9H,5,10-11H2,1-4H3. The number of benzene rings is 1. The predicted molar refractivity (Wildman–Crippen MR) is 88.0 cm³/mol. The number of sulfonamides is 1. The molecule has 1 aromatic carbocycles. The first-order valence-corrected chi connectivity index (χ1v) is 8.88. The third kappa shape index (κ3) is 5.27. The fourth-order valence-corrected chi connectivity index (χ4v) is 3.65. The van der Waals surface area contributed by atoms with Gasteiger partial charge in [-0.15, -0.1) is 0 Å². The lowest BCUT2D eigenvalue weighted by Crippen LogP contribution is -2.39. The number of nitrogens with zero attached hydrogens (tertiary/aromatic N) is 2. The number of nitro benzene ring substituents is 1. The Balaban J connectivity index is 3.20. The Labute approximate surface area is 141 Å². The summed E-state index contributed by atoms with van der Waals surface area (Å²) in [6.45, 7) is 6.31. The molecule has 0 atom stereocenters. The first-order valence-electron chi connectivity index (χ1n) is 7.44. The molecule has 0 saturated heterocycles. The minimum Gasteiger partial charge on any atom is -0.459 e. The lowest BCUT2D eigenvalue weighted by Gasteiger charge is -2.24. The lowest BCUT2D eigenvalue weighted by atomic mass is 10.2. The maximum atomic E-state index is 12.8. The van der Waals surface area contributed by atoms with Crippen LogP contribution in [0.2, 0.25) is 0 Å². The molecule has 0 unspecified atom stereocenters. The molecule has 134 valence electrons. The van der Waals surface area contributed by atoms with Gasteiger partial charge in [0.1, 0.15) is 12.1 Å². The van der Waals surface area contributed by atoms with Gasteiger partial charge in [-0.25, -0.2) is 8.42 Å².